The monoisotopic (exact) mass is 330 g/mol. The molecule has 1 aromatic carbocycles. The van der Waals surface area contributed by atoms with Crippen LogP contribution in [-0.4, -0.2) is 40.8 Å². The number of rotatable bonds is 5. The number of fused-ring (bicyclic) bond motifs is 1. The lowest BCUT2D eigenvalue weighted by atomic mass is 10.1. The summed E-state index contributed by atoms with van der Waals surface area (Å²) in [6, 6.07) is 6.77. The maximum absolute atomic E-state index is 12.2. The number of amides is 2. The predicted molar refractivity (Wildman–Crippen MR) is 83.6 cm³/mol. The molecule has 2 amide bonds. The minimum absolute atomic E-state index is 0.238. The normalized spacial score (nSPS) is 13.3. The number of benzene rings is 1. The van der Waals surface area contributed by atoms with Gasteiger partial charge in [-0.1, -0.05) is 12.1 Å². The average molecular weight is 330 g/mol. The molecule has 0 saturated heterocycles. The van der Waals surface area contributed by atoms with Crippen molar-refractivity contribution in [3.8, 4) is 0 Å². The van der Waals surface area contributed by atoms with Gasteiger partial charge in [0.2, 0.25) is 0 Å². The molecule has 1 aliphatic rings. The molecule has 2 heterocycles. The molecular weight excluding hydrogens is 316 g/mol. The highest BCUT2D eigenvalue weighted by Gasteiger charge is 2.34. The average Bonchev–Trinajstić information content (AvgIpc) is 3.12. The highest BCUT2D eigenvalue weighted by molar-refractivity contribution is 7.09. The fraction of sp³-hybridized carbons (Fsp3) is 0.250. The Morgan fingerprint density at radius 3 is 2.48 bits per heavy atom. The fourth-order valence-corrected chi connectivity index (χ4v) is 3.13. The number of carbonyl (C=O) groups excluding carboxylic acids is 3. The molecule has 23 heavy (non-hydrogen) atoms. The van der Waals surface area contributed by atoms with E-state index in [0.717, 1.165) is 0 Å². The van der Waals surface area contributed by atoms with Crippen LogP contribution in [-0.2, 0) is 11.2 Å². The van der Waals surface area contributed by atoms with Crippen LogP contribution in [0, 0.1) is 0 Å². The number of nitrogens with zero attached hydrogens (tertiary/aromatic N) is 2. The lowest BCUT2D eigenvalue weighted by Crippen LogP contribution is -2.31. The summed E-state index contributed by atoms with van der Waals surface area (Å²) in [6.45, 7) is 2.26. The van der Waals surface area contributed by atoms with Gasteiger partial charge in [-0.2, -0.15) is 0 Å². The Labute approximate surface area is 136 Å². The van der Waals surface area contributed by atoms with Gasteiger partial charge < -0.3 is 4.74 Å². The molecule has 0 fully saturated rings. The summed E-state index contributed by atoms with van der Waals surface area (Å²) in [5, 5.41) is 2.31. The van der Waals surface area contributed by atoms with E-state index in [4.69, 9.17) is 4.74 Å². The molecule has 0 atom stereocenters. The molecule has 118 valence electrons. The van der Waals surface area contributed by atoms with Gasteiger partial charge in [-0.15, -0.1) is 11.3 Å². The first-order valence-electron chi connectivity index (χ1n) is 7.18. The number of carbonyl (C=O) groups is 3. The Morgan fingerprint density at radius 1 is 1.22 bits per heavy atom. The Balaban J connectivity index is 1.67. The van der Waals surface area contributed by atoms with Gasteiger partial charge in [0.25, 0.3) is 11.8 Å². The Kier molecular flexibility index (Phi) is 4.20. The van der Waals surface area contributed by atoms with Crippen molar-refractivity contribution in [1.29, 1.82) is 0 Å². The van der Waals surface area contributed by atoms with E-state index in [2.05, 4.69) is 4.98 Å². The summed E-state index contributed by atoms with van der Waals surface area (Å²) in [7, 11) is 0. The van der Waals surface area contributed by atoms with E-state index in [9.17, 15) is 14.4 Å². The van der Waals surface area contributed by atoms with E-state index in [1.54, 1.807) is 36.6 Å². The smallest absolute Gasteiger partial charge is 0.357 e. The third kappa shape index (κ3) is 2.87. The van der Waals surface area contributed by atoms with Crippen LogP contribution in [0.3, 0.4) is 0 Å². The van der Waals surface area contributed by atoms with Gasteiger partial charge in [0.15, 0.2) is 5.69 Å². The number of thiazole rings is 1. The van der Waals surface area contributed by atoms with Crippen LogP contribution in [0.5, 0.6) is 0 Å². The van der Waals surface area contributed by atoms with E-state index in [0.29, 0.717) is 29.2 Å². The van der Waals surface area contributed by atoms with E-state index >= 15 is 0 Å². The predicted octanol–water partition coefficient (Wildman–Crippen LogP) is 2.16. The third-order valence-electron chi connectivity index (χ3n) is 3.46. The first-order chi connectivity index (χ1) is 11.1. The zero-order valence-electron chi connectivity index (χ0n) is 12.4. The van der Waals surface area contributed by atoms with E-state index < -0.39 is 5.97 Å². The molecular formula is C16H14N2O4S. The van der Waals surface area contributed by atoms with Crippen LogP contribution in [0.25, 0.3) is 0 Å². The first-order valence-corrected chi connectivity index (χ1v) is 8.06. The van der Waals surface area contributed by atoms with Crippen molar-refractivity contribution in [1.82, 2.24) is 9.88 Å². The van der Waals surface area contributed by atoms with Gasteiger partial charge in [-0.25, -0.2) is 9.78 Å². The summed E-state index contributed by atoms with van der Waals surface area (Å²) in [5.41, 5.74) is 1.13. The minimum atomic E-state index is -0.462. The lowest BCUT2D eigenvalue weighted by Gasteiger charge is -2.12. The summed E-state index contributed by atoms with van der Waals surface area (Å²) >= 11 is 1.31. The molecule has 0 N–H and O–H groups in total. The van der Waals surface area contributed by atoms with Crippen molar-refractivity contribution in [2.24, 2.45) is 0 Å². The zero-order valence-corrected chi connectivity index (χ0v) is 13.3. The van der Waals surface area contributed by atoms with E-state index in [1.165, 1.54) is 16.2 Å². The topological polar surface area (TPSA) is 76.6 Å². The lowest BCUT2D eigenvalue weighted by molar-refractivity contribution is 0.0518. The summed E-state index contributed by atoms with van der Waals surface area (Å²) in [4.78, 5) is 41.5. The van der Waals surface area contributed by atoms with Crippen LogP contribution in [0.2, 0.25) is 0 Å². The van der Waals surface area contributed by atoms with Crippen LogP contribution >= 0.6 is 11.3 Å². The standard InChI is InChI=1S/C16H14N2O4S/c1-2-22-16(21)12-9-23-13(17-12)7-8-18-14(19)10-5-3-4-6-11(10)15(18)20/h3-6,9H,2,7-8H2,1H3. The molecule has 3 rings (SSSR count). The molecule has 7 heteroatoms. The molecule has 0 radical (unpaired) electrons. The molecule has 0 saturated carbocycles. The first kappa shape index (κ1) is 15.4. The number of imide groups is 1. The number of esters is 1. The SMILES string of the molecule is CCOC(=O)c1csc(CCN2C(=O)c3ccccc3C2=O)n1. The molecule has 0 spiro atoms. The molecule has 2 aromatic rings. The highest BCUT2D eigenvalue weighted by Crippen LogP contribution is 2.23. The molecule has 0 aliphatic carbocycles. The van der Waals surface area contributed by atoms with Crippen LogP contribution < -0.4 is 0 Å². The summed E-state index contributed by atoms with van der Waals surface area (Å²) in [5.74, 6) is -1.03. The summed E-state index contributed by atoms with van der Waals surface area (Å²) < 4.78 is 4.88. The second-order valence-corrected chi connectivity index (χ2v) is 5.85. The zero-order chi connectivity index (χ0) is 16.4. The molecule has 0 bridgehead atoms. The van der Waals surface area contributed by atoms with Crippen molar-refractivity contribution in [2.75, 3.05) is 13.2 Å². The van der Waals surface area contributed by atoms with Gasteiger partial charge >= 0.3 is 5.97 Å². The number of hydrogen-bond acceptors (Lipinski definition) is 6. The molecule has 0 unspecified atom stereocenters. The summed E-state index contributed by atoms with van der Waals surface area (Å²) in [6.07, 6.45) is 0.412. The van der Waals surface area contributed by atoms with Gasteiger partial charge in [-0.05, 0) is 19.1 Å². The van der Waals surface area contributed by atoms with Crippen molar-refractivity contribution < 1.29 is 19.1 Å². The Morgan fingerprint density at radius 2 is 1.87 bits per heavy atom. The van der Waals surface area contributed by atoms with Gasteiger partial charge in [0.05, 0.1) is 22.7 Å². The highest BCUT2D eigenvalue weighted by atomic mass is 32.1. The minimum Gasteiger partial charge on any atom is -0.461 e. The maximum Gasteiger partial charge on any atom is 0.357 e. The van der Waals surface area contributed by atoms with Crippen LogP contribution in [0.4, 0.5) is 0 Å². The van der Waals surface area contributed by atoms with E-state index in [1.807, 2.05) is 0 Å². The number of aromatic nitrogens is 1. The Hall–Kier alpha value is -2.54. The number of ether oxygens (including phenoxy) is 1. The fourth-order valence-electron chi connectivity index (χ4n) is 2.37. The van der Waals surface area contributed by atoms with Crippen molar-refractivity contribution in [3.63, 3.8) is 0 Å². The van der Waals surface area contributed by atoms with Gasteiger partial charge in [-0.3, -0.25) is 14.5 Å². The van der Waals surface area contributed by atoms with Crippen molar-refractivity contribution >= 4 is 29.1 Å². The number of hydrogen-bond donors (Lipinski definition) is 0. The molecule has 6 nitrogen and oxygen atoms in total. The van der Waals surface area contributed by atoms with Gasteiger partial charge in [0, 0.05) is 18.3 Å². The second-order valence-electron chi connectivity index (χ2n) is 4.90. The van der Waals surface area contributed by atoms with Crippen molar-refractivity contribution in [2.45, 2.75) is 13.3 Å². The maximum atomic E-state index is 12.2. The largest absolute Gasteiger partial charge is 0.461 e. The van der Waals surface area contributed by atoms with Crippen LogP contribution in [0.15, 0.2) is 29.6 Å². The second kappa shape index (κ2) is 6.29. The van der Waals surface area contributed by atoms with E-state index in [-0.39, 0.29) is 24.1 Å². The van der Waals surface area contributed by atoms with Gasteiger partial charge in [0.1, 0.15) is 0 Å². The molecule has 1 aliphatic heterocycles. The Bertz CT molecular complexity index is 749. The van der Waals surface area contributed by atoms with Crippen LogP contribution in [0.1, 0.15) is 43.1 Å². The quantitative estimate of drug-likeness (QED) is 0.620. The van der Waals surface area contributed by atoms with Crippen molar-refractivity contribution in [3.05, 3.63) is 51.5 Å². The molecule has 1 aromatic heterocycles. The third-order valence-corrected chi connectivity index (χ3v) is 4.37.